The first-order valence-electron chi connectivity index (χ1n) is 9.34. The minimum atomic E-state index is -0.262. The fourth-order valence-corrected chi connectivity index (χ4v) is 3.22. The molecule has 0 bridgehead atoms. The third-order valence-electron chi connectivity index (χ3n) is 3.94. The summed E-state index contributed by atoms with van der Waals surface area (Å²) in [6.07, 6.45) is 0. The third-order valence-corrected chi connectivity index (χ3v) is 4.87. The van der Waals surface area contributed by atoms with Crippen LogP contribution in [0.3, 0.4) is 0 Å². The lowest BCUT2D eigenvalue weighted by Crippen LogP contribution is -2.18. The van der Waals surface area contributed by atoms with Crippen molar-refractivity contribution in [3.8, 4) is 11.8 Å². The molecule has 1 aromatic heterocycles. The average molecular weight is 436 g/mol. The van der Waals surface area contributed by atoms with Crippen LogP contribution in [0, 0.1) is 18.3 Å². The van der Waals surface area contributed by atoms with E-state index in [-0.39, 0.29) is 23.3 Å². The molecule has 3 rings (SSSR count). The molecule has 0 radical (unpaired) electrons. The Labute approximate surface area is 183 Å². The van der Waals surface area contributed by atoms with Gasteiger partial charge in [-0.25, -0.2) is 0 Å². The van der Waals surface area contributed by atoms with Crippen LogP contribution in [-0.4, -0.2) is 28.5 Å². The molecule has 0 aliphatic carbocycles. The lowest BCUT2D eigenvalue weighted by atomic mass is 10.1. The van der Waals surface area contributed by atoms with Crippen molar-refractivity contribution in [2.24, 2.45) is 0 Å². The number of nitrogens with zero attached hydrogens (tertiary/aromatic N) is 2. The molecule has 2 aromatic carbocycles. The number of hydrogen-bond donors (Lipinski definition) is 2. The largest absolute Gasteiger partial charge is 0.489 e. The van der Waals surface area contributed by atoms with Crippen LogP contribution >= 0.6 is 11.8 Å². The van der Waals surface area contributed by atoms with E-state index in [1.165, 1.54) is 11.8 Å². The van der Waals surface area contributed by atoms with Gasteiger partial charge >= 0.3 is 0 Å². The quantitative estimate of drug-likeness (QED) is 0.525. The van der Waals surface area contributed by atoms with Crippen molar-refractivity contribution >= 4 is 35.1 Å². The standard InChI is InChI=1S/C22H20N4O4S/c1-15-8-20(26-30-15)25-22(28)14-31-13-21(27)24-18-6-3-7-19(10-18)29-12-17-5-2-4-16(9-17)11-23/h2-10H,12-14H2,1H3,(H,24,27)(H,25,26,28). The molecule has 0 atom stereocenters. The van der Waals surface area contributed by atoms with E-state index in [2.05, 4.69) is 21.9 Å². The van der Waals surface area contributed by atoms with Crippen LogP contribution in [0.25, 0.3) is 0 Å². The first-order valence-corrected chi connectivity index (χ1v) is 10.5. The van der Waals surface area contributed by atoms with Gasteiger partial charge in [0, 0.05) is 17.8 Å². The molecule has 2 N–H and O–H groups in total. The predicted octanol–water partition coefficient (Wildman–Crippen LogP) is 3.74. The van der Waals surface area contributed by atoms with Gasteiger partial charge in [-0.1, -0.05) is 23.4 Å². The molecule has 0 unspecified atom stereocenters. The molecule has 9 heteroatoms. The lowest BCUT2D eigenvalue weighted by Gasteiger charge is -2.09. The van der Waals surface area contributed by atoms with Gasteiger partial charge in [-0.15, -0.1) is 11.8 Å². The van der Waals surface area contributed by atoms with Gasteiger partial charge in [-0.2, -0.15) is 5.26 Å². The van der Waals surface area contributed by atoms with E-state index in [0.29, 0.717) is 35.2 Å². The normalized spacial score (nSPS) is 10.2. The summed E-state index contributed by atoms with van der Waals surface area (Å²) in [5.74, 6) is 1.29. The molecule has 0 spiro atoms. The maximum absolute atomic E-state index is 12.2. The summed E-state index contributed by atoms with van der Waals surface area (Å²) >= 11 is 1.19. The Balaban J connectivity index is 1.42. The fraction of sp³-hybridized carbons (Fsp3) is 0.182. The molecule has 3 aromatic rings. The Kier molecular flexibility index (Phi) is 7.67. The molecule has 0 saturated heterocycles. The van der Waals surface area contributed by atoms with E-state index < -0.39 is 0 Å². The molecule has 0 saturated carbocycles. The van der Waals surface area contributed by atoms with Gasteiger partial charge in [-0.3, -0.25) is 9.59 Å². The molecule has 1 heterocycles. The maximum Gasteiger partial charge on any atom is 0.235 e. The van der Waals surface area contributed by atoms with Gasteiger partial charge in [0.15, 0.2) is 5.82 Å². The van der Waals surface area contributed by atoms with Crippen LogP contribution in [0.4, 0.5) is 11.5 Å². The molecule has 158 valence electrons. The second-order valence-corrected chi connectivity index (χ2v) is 7.53. The summed E-state index contributed by atoms with van der Waals surface area (Å²) in [7, 11) is 0. The van der Waals surface area contributed by atoms with Crippen molar-refractivity contribution < 1.29 is 18.8 Å². The first-order chi connectivity index (χ1) is 15.0. The van der Waals surface area contributed by atoms with E-state index >= 15 is 0 Å². The number of rotatable bonds is 9. The zero-order valence-corrected chi connectivity index (χ0v) is 17.6. The average Bonchev–Trinajstić information content (AvgIpc) is 3.17. The van der Waals surface area contributed by atoms with E-state index in [0.717, 1.165) is 5.56 Å². The van der Waals surface area contributed by atoms with Gasteiger partial charge in [0.2, 0.25) is 11.8 Å². The number of hydrogen-bond acceptors (Lipinski definition) is 7. The van der Waals surface area contributed by atoms with Crippen LogP contribution in [0.1, 0.15) is 16.9 Å². The number of thioether (sulfide) groups is 1. The minimum absolute atomic E-state index is 0.115. The topological polar surface area (TPSA) is 117 Å². The number of anilines is 2. The lowest BCUT2D eigenvalue weighted by molar-refractivity contribution is -0.114. The number of nitriles is 1. The Bertz CT molecular complexity index is 1110. The van der Waals surface area contributed by atoms with E-state index in [4.69, 9.17) is 14.5 Å². The molecule has 0 aliphatic heterocycles. The zero-order valence-electron chi connectivity index (χ0n) is 16.8. The zero-order chi connectivity index (χ0) is 22.1. The van der Waals surface area contributed by atoms with Gasteiger partial charge in [-0.05, 0) is 36.8 Å². The van der Waals surface area contributed by atoms with Crippen LogP contribution in [-0.2, 0) is 16.2 Å². The molecule has 0 fully saturated rings. The van der Waals surface area contributed by atoms with Crippen molar-refractivity contribution in [3.05, 3.63) is 71.5 Å². The minimum Gasteiger partial charge on any atom is -0.489 e. The number of aromatic nitrogens is 1. The highest BCUT2D eigenvalue weighted by atomic mass is 32.2. The van der Waals surface area contributed by atoms with Gasteiger partial charge in [0.1, 0.15) is 18.1 Å². The Morgan fingerprint density at radius 1 is 1.10 bits per heavy atom. The van der Waals surface area contributed by atoms with Gasteiger partial charge in [0.25, 0.3) is 0 Å². The molecule has 31 heavy (non-hydrogen) atoms. The second-order valence-electron chi connectivity index (χ2n) is 6.54. The van der Waals surface area contributed by atoms with E-state index in [1.807, 2.05) is 6.07 Å². The van der Waals surface area contributed by atoms with Crippen LogP contribution in [0.2, 0.25) is 0 Å². The number of carbonyl (C=O) groups excluding carboxylic acids is 2. The SMILES string of the molecule is Cc1cc(NC(=O)CSCC(=O)Nc2cccc(OCc3cccc(C#N)c3)c2)no1. The maximum atomic E-state index is 12.2. The molecular weight excluding hydrogens is 416 g/mol. The Morgan fingerprint density at radius 3 is 2.61 bits per heavy atom. The summed E-state index contributed by atoms with van der Waals surface area (Å²) < 4.78 is 10.6. The first kappa shape index (κ1) is 21.9. The highest BCUT2D eigenvalue weighted by molar-refractivity contribution is 8.00. The number of carbonyl (C=O) groups is 2. The summed E-state index contributed by atoms with van der Waals surface area (Å²) in [6.45, 7) is 2.04. The highest BCUT2D eigenvalue weighted by Gasteiger charge is 2.09. The van der Waals surface area contributed by atoms with Crippen molar-refractivity contribution in [3.63, 3.8) is 0 Å². The number of benzene rings is 2. The summed E-state index contributed by atoms with van der Waals surface area (Å²) in [4.78, 5) is 24.0. The van der Waals surface area contributed by atoms with Gasteiger partial charge < -0.3 is 19.9 Å². The number of nitrogens with one attached hydrogen (secondary N) is 2. The van der Waals surface area contributed by atoms with Crippen LogP contribution < -0.4 is 15.4 Å². The highest BCUT2D eigenvalue weighted by Crippen LogP contribution is 2.19. The summed E-state index contributed by atoms with van der Waals surface area (Å²) in [5.41, 5.74) is 2.05. The van der Waals surface area contributed by atoms with E-state index in [9.17, 15) is 9.59 Å². The van der Waals surface area contributed by atoms with Crippen molar-refractivity contribution in [2.45, 2.75) is 13.5 Å². The van der Waals surface area contributed by atoms with Crippen molar-refractivity contribution in [1.82, 2.24) is 5.16 Å². The smallest absolute Gasteiger partial charge is 0.235 e. The van der Waals surface area contributed by atoms with E-state index in [1.54, 1.807) is 55.5 Å². The predicted molar refractivity (Wildman–Crippen MR) is 118 cm³/mol. The monoisotopic (exact) mass is 436 g/mol. The molecule has 0 aliphatic rings. The van der Waals surface area contributed by atoms with Crippen LogP contribution in [0.5, 0.6) is 5.75 Å². The number of amides is 2. The molecule has 8 nitrogen and oxygen atoms in total. The molecule has 2 amide bonds. The van der Waals surface area contributed by atoms with Crippen molar-refractivity contribution in [2.75, 3.05) is 22.1 Å². The second kappa shape index (κ2) is 10.8. The number of ether oxygens (including phenoxy) is 1. The van der Waals surface area contributed by atoms with Crippen molar-refractivity contribution in [1.29, 1.82) is 5.26 Å². The van der Waals surface area contributed by atoms with Gasteiger partial charge in [0.05, 0.1) is 23.1 Å². The van der Waals surface area contributed by atoms with Crippen LogP contribution in [0.15, 0.2) is 59.1 Å². The summed E-state index contributed by atoms with van der Waals surface area (Å²) in [6, 6.07) is 17.9. The Hall–Kier alpha value is -3.77. The fourth-order valence-electron chi connectivity index (χ4n) is 2.60. The third kappa shape index (κ3) is 7.21. The summed E-state index contributed by atoms with van der Waals surface area (Å²) in [5, 5.41) is 18.0. The molecular formula is C22H20N4O4S. The number of aryl methyl sites for hydroxylation is 1. The Morgan fingerprint density at radius 2 is 1.87 bits per heavy atom.